The molecule has 0 aliphatic carbocycles. The lowest BCUT2D eigenvalue weighted by Crippen LogP contribution is -2.52. The molecule has 0 spiro atoms. The van der Waals surface area contributed by atoms with Gasteiger partial charge in [-0.15, -0.1) is 0 Å². The number of aliphatic carboxylic acids is 1. The number of ether oxygens (including phenoxy) is 1. The third kappa shape index (κ3) is 10.6. The highest BCUT2D eigenvalue weighted by Gasteiger charge is 2.27. The summed E-state index contributed by atoms with van der Waals surface area (Å²) in [7, 11) is 0. The number of aliphatic hydroxyl groups is 1. The molecule has 3 amide bonds. The predicted octanol–water partition coefficient (Wildman–Crippen LogP) is 2.40. The van der Waals surface area contributed by atoms with E-state index in [9.17, 15) is 29.4 Å². The second kappa shape index (κ2) is 15.4. The number of alkyl carbamates (subject to hydrolysis) is 1. The fourth-order valence-electron chi connectivity index (χ4n) is 3.71. The maximum Gasteiger partial charge on any atom is 0.408 e. The van der Waals surface area contributed by atoms with Crippen molar-refractivity contribution >= 4 is 23.9 Å². The number of nitrogens with one attached hydrogen (secondary N) is 3. The molecule has 0 aliphatic heterocycles. The Balaban J connectivity index is 1.96. The van der Waals surface area contributed by atoms with Gasteiger partial charge in [0.2, 0.25) is 11.8 Å². The van der Waals surface area contributed by atoms with Gasteiger partial charge >= 0.3 is 12.1 Å². The molecule has 0 saturated heterocycles. The van der Waals surface area contributed by atoms with Gasteiger partial charge in [0.1, 0.15) is 18.7 Å². The van der Waals surface area contributed by atoms with E-state index in [4.69, 9.17) is 4.74 Å². The lowest BCUT2D eigenvalue weighted by molar-refractivity contribution is -0.143. The number of carbonyl (C=O) groups excluding carboxylic acids is 3. The zero-order valence-corrected chi connectivity index (χ0v) is 21.9. The number of carboxylic acid groups (broad SMARTS) is 1. The van der Waals surface area contributed by atoms with Crippen LogP contribution in [-0.2, 0) is 32.1 Å². The average Bonchev–Trinajstić information content (AvgIpc) is 2.89. The first-order valence-electron chi connectivity index (χ1n) is 12.6. The Hall–Kier alpha value is -3.92. The van der Waals surface area contributed by atoms with Crippen molar-refractivity contribution in [3.05, 3.63) is 71.8 Å². The second-order valence-electron chi connectivity index (χ2n) is 9.47. The predicted molar refractivity (Wildman–Crippen MR) is 141 cm³/mol. The van der Waals surface area contributed by atoms with Crippen molar-refractivity contribution in [3.8, 4) is 0 Å². The molecule has 10 nitrogen and oxygen atoms in total. The largest absolute Gasteiger partial charge is 0.480 e. The van der Waals surface area contributed by atoms with Crippen LogP contribution >= 0.6 is 0 Å². The van der Waals surface area contributed by atoms with E-state index < -0.39 is 48.1 Å². The normalized spacial score (nSPS) is 14.0. The van der Waals surface area contributed by atoms with Gasteiger partial charge in [-0.1, -0.05) is 74.5 Å². The van der Waals surface area contributed by atoms with E-state index >= 15 is 0 Å². The number of hydrogen-bond donors (Lipinski definition) is 5. The maximum atomic E-state index is 12.9. The van der Waals surface area contributed by atoms with Crippen LogP contribution in [0.3, 0.4) is 0 Å². The highest BCUT2D eigenvalue weighted by Crippen LogP contribution is 2.12. The van der Waals surface area contributed by atoms with Gasteiger partial charge in [-0.2, -0.15) is 0 Å². The molecule has 5 N–H and O–H groups in total. The standard InChI is InChI=1S/C28H37N3O7/c1-18(2)25(27(35)36)31-24(33)15-14-23(32)22(16-20-10-6-4-7-11-20)30-26(34)19(3)29-28(37)38-17-21-12-8-5-9-13-21/h4-13,18-19,22-23,25,32H,14-17H2,1-3H3,(H,29,37)(H,30,34)(H,31,33)(H,35,36)/t19?,22-,23?,25?/m0/s1. The molecule has 206 valence electrons. The number of carbonyl (C=O) groups is 4. The molecule has 38 heavy (non-hydrogen) atoms. The molecule has 0 radical (unpaired) electrons. The third-order valence-electron chi connectivity index (χ3n) is 5.95. The number of amides is 3. The van der Waals surface area contributed by atoms with Crippen molar-refractivity contribution in [2.24, 2.45) is 5.92 Å². The van der Waals surface area contributed by atoms with Crippen molar-refractivity contribution in [1.29, 1.82) is 0 Å². The van der Waals surface area contributed by atoms with Crippen LogP contribution in [-0.4, -0.2) is 58.3 Å². The molecule has 3 unspecified atom stereocenters. The van der Waals surface area contributed by atoms with Crippen LogP contribution in [0.4, 0.5) is 4.79 Å². The van der Waals surface area contributed by atoms with Crippen LogP contribution in [0.15, 0.2) is 60.7 Å². The summed E-state index contributed by atoms with van der Waals surface area (Å²) >= 11 is 0. The monoisotopic (exact) mass is 527 g/mol. The molecule has 2 rings (SSSR count). The number of carboxylic acids is 1. The first-order valence-corrected chi connectivity index (χ1v) is 12.6. The minimum absolute atomic E-state index is 0.00499. The zero-order chi connectivity index (χ0) is 28.1. The molecule has 10 heteroatoms. The van der Waals surface area contributed by atoms with Crippen LogP contribution in [0.1, 0.15) is 44.7 Å². The topological polar surface area (TPSA) is 154 Å². The molecule has 0 saturated carbocycles. The first kappa shape index (κ1) is 30.3. The van der Waals surface area contributed by atoms with Crippen molar-refractivity contribution in [3.63, 3.8) is 0 Å². The van der Waals surface area contributed by atoms with Crippen molar-refractivity contribution in [2.75, 3.05) is 0 Å². The molecule has 0 fully saturated rings. The smallest absolute Gasteiger partial charge is 0.408 e. The Bertz CT molecular complexity index is 1050. The van der Waals surface area contributed by atoms with E-state index in [0.29, 0.717) is 0 Å². The summed E-state index contributed by atoms with van der Waals surface area (Å²) in [6.45, 7) is 4.92. The van der Waals surface area contributed by atoms with Crippen molar-refractivity contribution < 1.29 is 34.1 Å². The Morgan fingerprint density at radius 3 is 1.97 bits per heavy atom. The van der Waals surface area contributed by atoms with Crippen LogP contribution in [0.5, 0.6) is 0 Å². The maximum absolute atomic E-state index is 12.9. The summed E-state index contributed by atoms with van der Waals surface area (Å²) < 4.78 is 5.16. The Morgan fingerprint density at radius 1 is 0.842 bits per heavy atom. The third-order valence-corrected chi connectivity index (χ3v) is 5.95. The summed E-state index contributed by atoms with van der Waals surface area (Å²) in [5.41, 5.74) is 1.66. The summed E-state index contributed by atoms with van der Waals surface area (Å²) in [5, 5.41) is 27.9. The molecule has 0 heterocycles. The van der Waals surface area contributed by atoms with E-state index in [-0.39, 0.29) is 31.8 Å². The van der Waals surface area contributed by atoms with Gasteiger partial charge in [-0.3, -0.25) is 9.59 Å². The Kier molecular flexibility index (Phi) is 12.2. The fourth-order valence-corrected chi connectivity index (χ4v) is 3.71. The number of hydrogen-bond acceptors (Lipinski definition) is 6. The highest BCUT2D eigenvalue weighted by atomic mass is 16.5. The average molecular weight is 528 g/mol. The van der Waals surface area contributed by atoms with E-state index in [1.165, 1.54) is 6.92 Å². The summed E-state index contributed by atoms with van der Waals surface area (Å²) in [4.78, 5) is 48.7. The molecular weight excluding hydrogens is 490 g/mol. The summed E-state index contributed by atoms with van der Waals surface area (Å²) in [6, 6.07) is 15.6. The molecule has 0 aromatic heterocycles. The van der Waals surface area contributed by atoms with Gasteiger partial charge in [0.05, 0.1) is 12.1 Å². The number of rotatable bonds is 14. The van der Waals surface area contributed by atoms with Crippen molar-refractivity contribution in [1.82, 2.24) is 16.0 Å². The fraction of sp³-hybridized carbons (Fsp3) is 0.429. The van der Waals surface area contributed by atoms with Crippen LogP contribution in [0, 0.1) is 5.92 Å². The van der Waals surface area contributed by atoms with E-state index in [1.807, 2.05) is 60.7 Å². The van der Waals surface area contributed by atoms with Gasteiger partial charge in [0, 0.05) is 6.42 Å². The highest BCUT2D eigenvalue weighted by molar-refractivity contribution is 5.85. The molecule has 2 aromatic rings. The van der Waals surface area contributed by atoms with Gasteiger partial charge in [-0.25, -0.2) is 9.59 Å². The van der Waals surface area contributed by atoms with E-state index in [0.717, 1.165) is 11.1 Å². The molecular formula is C28H37N3O7. The summed E-state index contributed by atoms with van der Waals surface area (Å²) in [5.74, 6) is -2.48. The minimum atomic E-state index is -1.13. The Morgan fingerprint density at radius 2 is 1.42 bits per heavy atom. The van der Waals surface area contributed by atoms with Crippen LogP contribution in [0.2, 0.25) is 0 Å². The van der Waals surface area contributed by atoms with Crippen LogP contribution < -0.4 is 16.0 Å². The number of aliphatic hydroxyl groups excluding tert-OH is 1. The lowest BCUT2D eigenvalue weighted by atomic mass is 9.97. The SMILES string of the molecule is CC(NC(=O)OCc1ccccc1)C(=O)N[C@@H](Cc1ccccc1)C(O)CCC(=O)NC(C(=O)O)C(C)C. The minimum Gasteiger partial charge on any atom is -0.480 e. The van der Waals surface area contributed by atoms with Gasteiger partial charge in [0.15, 0.2) is 0 Å². The first-order chi connectivity index (χ1) is 18.1. The van der Waals surface area contributed by atoms with Gasteiger partial charge < -0.3 is 30.9 Å². The molecule has 4 atom stereocenters. The quantitative estimate of drug-likeness (QED) is 0.253. The van der Waals surface area contributed by atoms with Crippen molar-refractivity contribution in [2.45, 2.75) is 70.9 Å². The van der Waals surface area contributed by atoms with Crippen LogP contribution in [0.25, 0.3) is 0 Å². The van der Waals surface area contributed by atoms with E-state index in [2.05, 4.69) is 16.0 Å². The second-order valence-corrected chi connectivity index (χ2v) is 9.47. The van der Waals surface area contributed by atoms with Gasteiger partial charge in [0.25, 0.3) is 0 Å². The molecule has 0 aliphatic rings. The summed E-state index contributed by atoms with van der Waals surface area (Å²) in [6.07, 6.45) is -1.71. The molecule has 0 bridgehead atoms. The number of benzene rings is 2. The molecule has 2 aromatic carbocycles. The lowest BCUT2D eigenvalue weighted by Gasteiger charge is -2.26. The van der Waals surface area contributed by atoms with Gasteiger partial charge in [-0.05, 0) is 36.8 Å². The zero-order valence-electron chi connectivity index (χ0n) is 21.9. The van der Waals surface area contributed by atoms with E-state index in [1.54, 1.807) is 13.8 Å². The Labute approximate surface area is 222 Å².